The van der Waals surface area contributed by atoms with Crippen LogP contribution >= 0.6 is 0 Å². The summed E-state index contributed by atoms with van der Waals surface area (Å²) >= 11 is 0. The van der Waals surface area contributed by atoms with Gasteiger partial charge in [-0.25, -0.2) is 0 Å². The summed E-state index contributed by atoms with van der Waals surface area (Å²) in [6, 6.07) is 7.68. The van der Waals surface area contributed by atoms with Crippen LogP contribution in [0.1, 0.15) is 5.56 Å². The maximum atomic E-state index is 13.2. The SMILES string of the molecule is C=CCN(C)C(=O)[C@@H]1[C@@H]2C=C[C@@]3(CN(Cc4cccc(OC)c4)C(=O)[C@@H]13)O2. The minimum absolute atomic E-state index is 0.0185. The van der Waals surface area contributed by atoms with Crippen molar-refractivity contribution < 1.29 is 19.1 Å². The van der Waals surface area contributed by atoms with Crippen molar-refractivity contribution in [1.82, 2.24) is 9.80 Å². The van der Waals surface area contributed by atoms with E-state index in [2.05, 4.69) is 6.58 Å². The quantitative estimate of drug-likeness (QED) is 0.716. The standard InChI is InChI=1S/C21H24N2O4/c1-4-10-22(2)19(24)17-16-8-9-21(27-16)13-23(20(25)18(17)21)12-14-6-5-7-15(11-14)26-3/h4-9,11,16-18H,1,10,12-13H2,2-3H3/t16-,17+,18+,21-/m0/s1. The molecular weight excluding hydrogens is 344 g/mol. The minimum atomic E-state index is -0.685. The van der Waals surface area contributed by atoms with Crippen molar-refractivity contribution in [2.45, 2.75) is 18.2 Å². The Balaban J connectivity index is 1.57. The number of hydrogen-bond acceptors (Lipinski definition) is 4. The molecule has 3 aliphatic heterocycles. The maximum absolute atomic E-state index is 13.2. The number of hydrogen-bond donors (Lipinski definition) is 0. The van der Waals surface area contributed by atoms with E-state index >= 15 is 0 Å². The van der Waals surface area contributed by atoms with Gasteiger partial charge in [0.25, 0.3) is 0 Å². The lowest BCUT2D eigenvalue weighted by Crippen LogP contribution is -2.44. The third-order valence-corrected chi connectivity index (χ3v) is 5.75. The van der Waals surface area contributed by atoms with E-state index in [-0.39, 0.29) is 17.9 Å². The van der Waals surface area contributed by atoms with Crippen LogP contribution in [0.4, 0.5) is 0 Å². The molecule has 1 aromatic rings. The molecule has 0 aromatic heterocycles. The first-order valence-electron chi connectivity index (χ1n) is 9.14. The average Bonchev–Trinajstić information content (AvgIpc) is 3.30. The molecule has 2 bridgehead atoms. The topological polar surface area (TPSA) is 59.1 Å². The van der Waals surface area contributed by atoms with Gasteiger partial charge in [0.2, 0.25) is 11.8 Å². The minimum Gasteiger partial charge on any atom is -0.497 e. The molecule has 3 aliphatic rings. The number of fused-ring (bicyclic) bond motifs is 1. The van der Waals surface area contributed by atoms with E-state index in [1.54, 1.807) is 30.0 Å². The fourth-order valence-corrected chi connectivity index (χ4v) is 4.52. The molecule has 2 fully saturated rings. The molecule has 4 rings (SSSR count). The summed E-state index contributed by atoms with van der Waals surface area (Å²) in [5.41, 5.74) is 0.305. The van der Waals surface area contributed by atoms with E-state index in [1.807, 2.05) is 36.4 Å². The molecule has 0 N–H and O–H groups in total. The second kappa shape index (κ2) is 6.53. The summed E-state index contributed by atoms with van der Waals surface area (Å²) in [4.78, 5) is 29.6. The zero-order valence-corrected chi connectivity index (χ0v) is 15.6. The van der Waals surface area contributed by atoms with E-state index in [4.69, 9.17) is 9.47 Å². The molecule has 1 aromatic carbocycles. The molecule has 2 saturated heterocycles. The Bertz CT molecular complexity index is 820. The highest BCUT2D eigenvalue weighted by Crippen LogP contribution is 2.52. The van der Waals surface area contributed by atoms with Crippen molar-refractivity contribution in [3.63, 3.8) is 0 Å². The first kappa shape index (κ1) is 17.8. The van der Waals surface area contributed by atoms with E-state index in [0.717, 1.165) is 11.3 Å². The van der Waals surface area contributed by atoms with Gasteiger partial charge in [0.1, 0.15) is 11.4 Å². The van der Waals surface area contributed by atoms with Crippen LogP contribution in [-0.4, -0.2) is 60.6 Å². The van der Waals surface area contributed by atoms with Crippen LogP contribution in [0.25, 0.3) is 0 Å². The van der Waals surface area contributed by atoms with Crippen LogP contribution < -0.4 is 4.74 Å². The molecule has 0 radical (unpaired) electrons. The normalized spacial score (nSPS) is 30.5. The highest BCUT2D eigenvalue weighted by Gasteiger charge is 2.66. The van der Waals surface area contributed by atoms with Gasteiger partial charge in [-0.3, -0.25) is 9.59 Å². The molecule has 0 saturated carbocycles. The van der Waals surface area contributed by atoms with Crippen molar-refractivity contribution in [2.24, 2.45) is 11.8 Å². The number of benzene rings is 1. The molecule has 3 heterocycles. The molecule has 27 heavy (non-hydrogen) atoms. The Morgan fingerprint density at radius 2 is 2.33 bits per heavy atom. The predicted octanol–water partition coefficient (Wildman–Crippen LogP) is 1.62. The van der Waals surface area contributed by atoms with Gasteiger partial charge in [-0.05, 0) is 17.7 Å². The molecule has 142 valence electrons. The average molecular weight is 368 g/mol. The van der Waals surface area contributed by atoms with Gasteiger partial charge in [0, 0.05) is 20.1 Å². The fourth-order valence-electron chi connectivity index (χ4n) is 4.52. The molecule has 0 aliphatic carbocycles. The highest BCUT2D eigenvalue weighted by atomic mass is 16.5. The van der Waals surface area contributed by atoms with Crippen LogP contribution in [0.2, 0.25) is 0 Å². The highest BCUT2D eigenvalue weighted by molar-refractivity contribution is 5.93. The Morgan fingerprint density at radius 1 is 1.52 bits per heavy atom. The van der Waals surface area contributed by atoms with E-state index in [9.17, 15) is 9.59 Å². The van der Waals surface area contributed by atoms with Gasteiger partial charge in [-0.1, -0.05) is 30.4 Å². The number of methoxy groups -OCH3 is 1. The molecular formula is C21H24N2O4. The number of ether oxygens (including phenoxy) is 2. The van der Waals surface area contributed by atoms with Crippen molar-refractivity contribution in [2.75, 3.05) is 27.2 Å². The molecule has 2 amide bonds. The molecule has 4 atom stereocenters. The molecule has 0 unspecified atom stereocenters. The Morgan fingerprint density at radius 3 is 3.07 bits per heavy atom. The molecule has 1 spiro atoms. The second-order valence-electron chi connectivity index (χ2n) is 7.45. The maximum Gasteiger partial charge on any atom is 0.230 e. The monoisotopic (exact) mass is 368 g/mol. The van der Waals surface area contributed by atoms with Crippen LogP contribution in [0.3, 0.4) is 0 Å². The summed E-state index contributed by atoms with van der Waals surface area (Å²) in [6.45, 7) is 5.08. The van der Waals surface area contributed by atoms with Crippen molar-refractivity contribution in [3.8, 4) is 5.75 Å². The number of nitrogens with zero attached hydrogens (tertiary/aromatic N) is 2. The zero-order chi connectivity index (χ0) is 19.2. The van der Waals surface area contributed by atoms with Crippen LogP contribution in [0, 0.1) is 11.8 Å². The number of carbonyl (C=O) groups is 2. The molecule has 6 heteroatoms. The fraction of sp³-hybridized carbons (Fsp3) is 0.429. The summed E-state index contributed by atoms with van der Waals surface area (Å²) in [7, 11) is 3.36. The third kappa shape index (κ3) is 2.75. The Hall–Kier alpha value is -2.60. The van der Waals surface area contributed by atoms with Crippen molar-refractivity contribution >= 4 is 11.8 Å². The van der Waals surface area contributed by atoms with Gasteiger partial charge in [0.05, 0.1) is 31.6 Å². The van der Waals surface area contributed by atoms with Gasteiger partial charge < -0.3 is 19.3 Å². The predicted molar refractivity (Wildman–Crippen MR) is 100.0 cm³/mol. The van der Waals surface area contributed by atoms with Crippen molar-refractivity contribution in [1.29, 1.82) is 0 Å². The number of likely N-dealkylation sites (N-methyl/N-ethyl adjacent to an activating group) is 1. The number of likely N-dealkylation sites (tertiary alicyclic amines) is 1. The second-order valence-corrected chi connectivity index (χ2v) is 7.45. The summed E-state index contributed by atoms with van der Waals surface area (Å²) in [5, 5.41) is 0. The number of carbonyl (C=O) groups excluding carboxylic acids is 2. The van der Waals surface area contributed by atoms with Gasteiger partial charge in [-0.2, -0.15) is 0 Å². The smallest absolute Gasteiger partial charge is 0.230 e. The largest absolute Gasteiger partial charge is 0.497 e. The summed E-state index contributed by atoms with van der Waals surface area (Å²) in [6.07, 6.45) is 5.27. The Labute approximate surface area is 159 Å². The summed E-state index contributed by atoms with van der Waals surface area (Å²) in [5.74, 6) is -0.253. The third-order valence-electron chi connectivity index (χ3n) is 5.75. The first-order chi connectivity index (χ1) is 13.0. The van der Waals surface area contributed by atoms with Crippen LogP contribution in [-0.2, 0) is 20.9 Å². The van der Waals surface area contributed by atoms with Crippen molar-refractivity contribution in [3.05, 3.63) is 54.6 Å². The zero-order valence-electron chi connectivity index (χ0n) is 15.6. The van der Waals surface area contributed by atoms with E-state index < -0.39 is 17.4 Å². The lowest BCUT2D eigenvalue weighted by molar-refractivity contribution is -0.142. The first-order valence-corrected chi connectivity index (χ1v) is 9.14. The number of amides is 2. The Kier molecular flexibility index (Phi) is 4.30. The van der Waals surface area contributed by atoms with Crippen LogP contribution in [0.15, 0.2) is 49.1 Å². The summed E-state index contributed by atoms with van der Waals surface area (Å²) < 4.78 is 11.4. The number of rotatable bonds is 6. The van der Waals surface area contributed by atoms with Gasteiger partial charge in [-0.15, -0.1) is 6.58 Å². The van der Waals surface area contributed by atoms with Gasteiger partial charge >= 0.3 is 0 Å². The van der Waals surface area contributed by atoms with Crippen LogP contribution in [0.5, 0.6) is 5.75 Å². The van der Waals surface area contributed by atoms with Gasteiger partial charge in [0.15, 0.2) is 0 Å². The lowest BCUT2D eigenvalue weighted by atomic mass is 9.76. The van der Waals surface area contributed by atoms with E-state index in [1.165, 1.54) is 0 Å². The lowest BCUT2D eigenvalue weighted by Gasteiger charge is -2.27. The van der Waals surface area contributed by atoms with E-state index in [0.29, 0.717) is 19.6 Å². The molecule has 6 nitrogen and oxygen atoms in total.